The van der Waals surface area contributed by atoms with E-state index >= 15 is 0 Å². The van der Waals surface area contributed by atoms with E-state index in [4.69, 9.17) is 5.11 Å². The van der Waals surface area contributed by atoms with Gasteiger partial charge in [0.1, 0.15) is 11.9 Å². The van der Waals surface area contributed by atoms with Crippen molar-refractivity contribution in [1.29, 1.82) is 0 Å². The minimum atomic E-state index is -0.954. The molecule has 0 saturated heterocycles. The third-order valence-corrected chi connectivity index (χ3v) is 3.03. The fourth-order valence-corrected chi connectivity index (χ4v) is 2.14. The summed E-state index contributed by atoms with van der Waals surface area (Å²) >= 11 is 0. The monoisotopic (exact) mass is 223 g/mol. The molecular formula is C12H14FNO2. The second kappa shape index (κ2) is 4.22. The van der Waals surface area contributed by atoms with Crippen molar-refractivity contribution < 1.29 is 14.3 Å². The Hall–Kier alpha value is -1.42. The Labute approximate surface area is 93.3 Å². The molecule has 3 nitrogen and oxygen atoms in total. The molecule has 16 heavy (non-hydrogen) atoms. The zero-order chi connectivity index (χ0) is 11.7. The predicted molar refractivity (Wildman–Crippen MR) is 57.7 cm³/mol. The maximum absolute atomic E-state index is 13.1. The number of halogens is 1. The average molecular weight is 223 g/mol. The van der Waals surface area contributed by atoms with Crippen LogP contribution in [0.5, 0.6) is 0 Å². The van der Waals surface area contributed by atoms with Crippen LogP contribution in [0.3, 0.4) is 0 Å². The molecule has 0 spiro atoms. The molecule has 2 N–H and O–H groups in total. The molecule has 0 radical (unpaired) electrons. The maximum Gasteiger partial charge on any atom is 0.325 e. The highest BCUT2D eigenvalue weighted by Gasteiger charge is 2.30. The largest absolute Gasteiger partial charge is 0.480 e. The van der Waals surface area contributed by atoms with E-state index in [-0.39, 0.29) is 11.9 Å². The maximum atomic E-state index is 13.1. The van der Waals surface area contributed by atoms with Crippen LogP contribution in [0.25, 0.3) is 0 Å². The van der Waals surface area contributed by atoms with Gasteiger partial charge in [0.05, 0.1) is 0 Å². The molecule has 1 aliphatic rings. The Morgan fingerprint density at radius 3 is 3.00 bits per heavy atom. The van der Waals surface area contributed by atoms with Gasteiger partial charge in [-0.25, -0.2) is 4.39 Å². The minimum Gasteiger partial charge on any atom is -0.480 e. The molecule has 2 atom stereocenters. The number of hydrogen-bond acceptors (Lipinski definition) is 2. The number of rotatable bonds is 2. The lowest BCUT2D eigenvalue weighted by Crippen LogP contribution is -2.42. The molecule has 86 valence electrons. The molecule has 0 aromatic heterocycles. The van der Waals surface area contributed by atoms with E-state index in [0.29, 0.717) is 5.56 Å². The molecule has 1 aliphatic heterocycles. The molecular weight excluding hydrogens is 209 g/mol. The third-order valence-electron chi connectivity index (χ3n) is 3.03. The Kier molecular flexibility index (Phi) is 2.92. The lowest BCUT2D eigenvalue weighted by atomic mass is 9.89. The zero-order valence-electron chi connectivity index (χ0n) is 9.03. The highest BCUT2D eigenvalue weighted by molar-refractivity contribution is 5.76. The molecule has 1 aromatic carbocycles. The van der Waals surface area contributed by atoms with Gasteiger partial charge in [-0.1, -0.05) is 13.0 Å². The van der Waals surface area contributed by atoms with Crippen LogP contribution in [0.2, 0.25) is 0 Å². The van der Waals surface area contributed by atoms with E-state index < -0.39 is 12.0 Å². The topological polar surface area (TPSA) is 49.3 Å². The van der Waals surface area contributed by atoms with Gasteiger partial charge in [0.25, 0.3) is 0 Å². The predicted octanol–water partition coefficient (Wildman–Crippen LogP) is 1.88. The Morgan fingerprint density at radius 1 is 1.62 bits per heavy atom. The Morgan fingerprint density at radius 2 is 2.38 bits per heavy atom. The van der Waals surface area contributed by atoms with Crippen molar-refractivity contribution in [3.05, 3.63) is 35.1 Å². The fourth-order valence-electron chi connectivity index (χ4n) is 2.14. The van der Waals surface area contributed by atoms with Crippen LogP contribution >= 0.6 is 0 Å². The van der Waals surface area contributed by atoms with Gasteiger partial charge in [-0.15, -0.1) is 0 Å². The zero-order valence-corrected chi connectivity index (χ0v) is 9.03. The second-order valence-corrected chi connectivity index (χ2v) is 4.09. The highest BCUT2D eigenvalue weighted by Crippen LogP contribution is 2.27. The normalized spacial score (nSPS) is 23.9. The molecule has 0 amide bonds. The molecule has 0 bridgehead atoms. The van der Waals surface area contributed by atoms with Crippen LogP contribution in [-0.2, 0) is 11.2 Å². The van der Waals surface area contributed by atoms with Crippen molar-refractivity contribution in [1.82, 2.24) is 5.32 Å². The van der Waals surface area contributed by atoms with E-state index in [1.165, 1.54) is 12.1 Å². The number of carboxylic acid groups (broad SMARTS) is 1. The van der Waals surface area contributed by atoms with E-state index in [0.717, 1.165) is 18.4 Å². The first-order valence-electron chi connectivity index (χ1n) is 5.39. The molecule has 0 aliphatic carbocycles. The number of carboxylic acids is 1. The van der Waals surface area contributed by atoms with Crippen molar-refractivity contribution in [2.45, 2.75) is 31.8 Å². The second-order valence-electron chi connectivity index (χ2n) is 4.09. The Bertz CT molecular complexity index is 419. The molecule has 0 saturated carbocycles. The van der Waals surface area contributed by atoms with Crippen LogP contribution in [0, 0.1) is 5.82 Å². The van der Waals surface area contributed by atoms with Crippen molar-refractivity contribution in [3.8, 4) is 0 Å². The minimum absolute atomic E-state index is 0.152. The first-order chi connectivity index (χ1) is 7.61. The summed E-state index contributed by atoms with van der Waals surface area (Å²) < 4.78 is 13.1. The van der Waals surface area contributed by atoms with Gasteiger partial charge in [0.15, 0.2) is 0 Å². The first kappa shape index (κ1) is 11.1. The first-order valence-corrected chi connectivity index (χ1v) is 5.39. The summed E-state index contributed by atoms with van der Waals surface area (Å²) in [5.41, 5.74) is 1.48. The summed E-state index contributed by atoms with van der Waals surface area (Å²) in [7, 11) is 0. The number of fused-ring (bicyclic) bond motifs is 1. The molecule has 2 unspecified atom stereocenters. The lowest BCUT2D eigenvalue weighted by Gasteiger charge is -2.30. The quantitative estimate of drug-likeness (QED) is 0.804. The summed E-state index contributed by atoms with van der Waals surface area (Å²) in [5, 5.41) is 12.1. The van der Waals surface area contributed by atoms with Gasteiger partial charge < -0.3 is 5.11 Å². The number of carbonyl (C=O) groups is 1. The molecule has 2 rings (SSSR count). The van der Waals surface area contributed by atoms with Gasteiger partial charge in [-0.05, 0) is 36.1 Å². The average Bonchev–Trinajstić information content (AvgIpc) is 2.27. The third kappa shape index (κ3) is 1.93. The van der Waals surface area contributed by atoms with E-state index in [9.17, 15) is 9.18 Å². The van der Waals surface area contributed by atoms with Crippen molar-refractivity contribution in [2.24, 2.45) is 0 Å². The number of benzene rings is 1. The van der Waals surface area contributed by atoms with Gasteiger partial charge in [-0.2, -0.15) is 0 Å². The van der Waals surface area contributed by atoms with Gasteiger partial charge >= 0.3 is 5.97 Å². The van der Waals surface area contributed by atoms with Crippen molar-refractivity contribution in [3.63, 3.8) is 0 Å². The van der Waals surface area contributed by atoms with Gasteiger partial charge in [0.2, 0.25) is 0 Å². The summed E-state index contributed by atoms with van der Waals surface area (Å²) in [4.78, 5) is 11.1. The van der Waals surface area contributed by atoms with Gasteiger partial charge in [0, 0.05) is 6.04 Å². The van der Waals surface area contributed by atoms with Crippen LogP contribution < -0.4 is 5.32 Å². The van der Waals surface area contributed by atoms with Crippen LogP contribution in [0.15, 0.2) is 18.2 Å². The highest BCUT2D eigenvalue weighted by atomic mass is 19.1. The van der Waals surface area contributed by atoms with Crippen LogP contribution in [-0.4, -0.2) is 17.1 Å². The molecule has 0 fully saturated rings. The molecule has 1 heterocycles. The number of aliphatic carboxylic acids is 1. The van der Waals surface area contributed by atoms with E-state index in [1.807, 2.05) is 6.92 Å². The van der Waals surface area contributed by atoms with E-state index in [1.54, 1.807) is 6.07 Å². The number of hydrogen-bond donors (Lipinski definition) is 2. The Balaban J connectivity index is 2.42. The lowest BCUT2D eigenvalue weighted by molar-refractivity contribution is -0.140. The van der Waals surface area contributed by atoms with E-state index in [2.05, 4.69) is 5.32 Å². The molecule has 4 heteroatoms. The number of nitrogens with one attached hydrogen (secondary N) is 1. The van der Waals surface area contributed by atoms with Gasteiger partial charge in [-0.3, -0.25) is 10.1 Å². The van der Waals surface area contributed by atoms with Crippen molar-refractivity contribution >= 4 is 5.97 Å². The van der Waals surface area contributed by atoms with Crippen LogP contribution in [0.4, 0.5) is 4.39 Å². The smallest absolute Gasteiger partial charge is 0.325 e. The van der Waals surface area contributed by atoms with Crippen LogP contribution in [0.1, 0.15) is 30.5 Å². The summed E-state index contributed by atoms with van der Waals surface area (Å²) in [5.74, 6) is -1.34. The summed E-state index contributed by atoms with van der Waals surface area (Å²) in [6, 6.07) is 3.75. The SMILES string of the molecule is CCC1Cc2ccc(F)cc2C(C(=O)O)N1. The standard InChI is InChI=1S/C12H14FNO2/c1-2-9-5-7-3-4-8(13)6-10(7)11(14-9)12(15)16/h3-4,6,9,11,14H,2,5H2,1H3,(H,15,16). The van der Waals surface area contributed by atoms with Crippen molar-refractivity contribution in [2.75, 3.05) is 0 Å². The fraction of sp³-hybridized carbons (Fsp3) is 0.417. The summed E-state index contributed by atoms with van der Waals surface area (Å²) in [6.07, 6.45) is 1.62. The summed E-state index contributed by atoms with van der Waals surface area (Å²) in [6.45, 7) is 2.01. The molecule has 1 aromatic rings.